The third kappa shape index (κ3) is 2.57. The van der Waals surface area contributed by atoms with Gasteiger partial charge in [0.25, 0.3) is 0 Å². The lowest BCUT2D eigenvalue weighted by atomic mass is 10.2. The Morgan fingerprint density at radius 3 is 2.87 bits per heavy atom. The molecular weight excluding hydrogens is 194 g/mol. The van der Waals surface area contributed by atoms with E-state index in [0.29, 0.717) is 0 Å². The average Bonchev–Trinajstić information content (AvgIpc) is 2.25. The number of allylic oxidation sites excluding steroid dienone is 3. The molecule has 5 heteroatoms. The van der Waals surface area contributed by atoms with Crippen LogP contribution in [0, 0.1) is 0 Å². The normalized spacial score (nSPS) is 11.9. The molecule has 5 nitrogen and oxygen atoms in total. The lowest BCUT2D eigenvalue weighted by molar-refractivity contribution is 0.102. The van der Waals surface area contributed by atoms with Crippen LogP contribution < -0.4 is 11.5 Å². The molecule has 0 atom stereocenters. The topological polar surface area (TPSA) is 102 Å². The first kappa shape index (κ1) is 10.8. The van der Waals surface area contributed by atoms with Gasteiger partial charge in [-0.05, 0) is 30.5 Å². The molecule has 0 amide bonds. The number of carbonyl (C=O) groups is 1. The molecule has 0 saturated carbocycles. The zero-order valence-electron chi connectivity index (χ0n) is 7.92. The monoisotopic (exact) mass is 205 g/mol. The second-order valence-electron chi connectivity index (χ2n) is 2.71. The second kappa shape index (κ2) is 4.80. The van der Waals surface area contributed by atoms with E-state index >= 15 is 0 Å². The number of rotatable bonds is 3. The third-order valence-corrected chi connectivity index (χ3v) is 1.65. The lowest BCUT2D eigenvalue weighted by Crippen LogP contribution is -2.13. The van der Waals surface area contributed by atoms with Gasteiger partial charge in [0.2, 0.25) is 5.78 Å². The van der Waals surface area contributed by atoms with Gasteiger partial charge in [0.05, 0.1) is 5.70 Å². The van der Waals surface area contributed by atoms with E-state index in [9.17, 15) is 9.90 Å². The Labute approximate surface area is 86.7 Å². The van der Waals surface area contributed by atoms with Gasteiger partial charge in [-0.2, -0.15) is 0 Å². The molecule has 78 valence electrons. The van der Waals surface area contributed by atoms with Gasteiger partial charge in [-0.3, -0.25) is 4.79 Å². The van der Waals surface area contributed by atoms with Crippen LogP contribution in [0.1, 0.15) is 10.5 Å². The smallest absolute Gasteiger partial charge is 0.230 e. The molecule has 0 spiro atoms. The van der Waals surface area contributed by atoms with Crippen molar-refractivity contribution < 1.29 is 9.90 Å². The molecule has 0 aromatic carbocycles. The molecule has 5 N–H and O–H groups in total. The summed E-state index contributed by atoms with van der Waals surface area (Å²) in [5.74, 6) is -0.734. The standard InChI is InChI=1S/C10H11N3O2/c11-5-1-3-7(12)10(15)9-8(14)4-2-6-13-9/h1-6,14H,11-12H2/b5-1-,7-3-. The molecule has 0 aliphatic rings. The Hall–Kier alpha value is -2.30. The van der Waals surface area contributed by atoms with Crippen molar-refractivity contribution in [1.29, 1.82) is 0 Å². The number of nitrogens with zero attached hydrogens (tertiary/aromatic N) is 1. The molecule has 0 aliphatic heterocycles. The van der Waals surface area contributed by atoms with E-state index in [1.54, 1.807) is 0 Å². The number of hydrogen-bond acceptors (Lipinski definition) is 5. The van der Waals surface area contributed by atoms with Crippen LogP contribution in [0.3, 0.4) is 0 Å². The fourth-order valence-corrected chi connectivity index (χ4v) is 0.943. The molecule has 0 unspecified atom stereocenters. The maximum atomic E-state index is 11.6. The van der Waals surface area contributed by atoms with Crippen molar-refractivity contribution >= 4 is 5.78 Å². The summed E-state index contributed by atoms with van der Waals surface area (Å²) in [6.07, 6.45) is 5.42. The number of nitrogens with two attached hydrogens (primary N) is 2. The minimum atomic E-state index is -0.536. The van der Waals surface area contributed by atoms with Gasteiger partial charge in [0.15, 0.2) is 5.69 Å². The summed E-state index contributed by atoms with van der Waals surface area (Å²) in [4.78, 5) is 15.3. The summed E-state index contributed by atoms with van der Waals surface area (Å²) in [6.45, 7) is 0. The molecule has 1 aromatic rings. The van der Waals surface area contributed by atoms with Crippen LogP contribution in [-0.2, 0) is 0 Å². The Kier molecular flexibility index (Phi) is 3.45. The van der Waals surface area contributed by atoms with Crippen molar-refractivity contribution in [2.45, 2.75) is 0 Å². The van der Waals surface area contributed by atoms with Gasteiger partial charge >= 0.3 is 0 Å². The summed E-state index contributed by atoms with van der Waals surface area (Å²) in [5, 5.41) is 9.35. The Morgan fingerprint density at radius 2 is 2.27 bits per heavy atom. The van der Waals surface area contributed by atoms with Crippen LogP contribution in [0.25, 0.3) is 0 Å². The quantitative estimate of drug-likeness (QED) is 0.374. The van der Waals surface area contributed by atoms with Crippen molar-refractivity contribution in [2.75, 3.05) is 0 Å². The number of aromatic nitrogens is 1. The minimum Gasteiger partial charge on any atom is -0.506 e. The predicted octanol–water partition coefficient (Wildman–Crippen LogP) is 0.285. The number of pyridine rings is 1. The van der Waals surface area contributed by atoms with E-state index in [4.69, 9.17) is 11.5 Å². The zero-order chi connectivity index (χ0) is 11.3. The lowest BCUT2D eigenvalue weighted by Gasteiger charge is -2.01. The Balaban J connectivity index is 3.00. The summed E-state index contributed by atoms with van der Waals surface area (Å²) >= 11 is 0. The largest absolute Gasteiger partial charge is 0.506 e. The molecule has 1 aromatic heterocycles. The average molecular weight is 205 g/mol. The second-order valence-corrected chi connectivity index (χ2v) is 2.71. The number of aromatic hydroxyl groups is 1. The minimum absolute atomic E-state index is 0.0364. The van der Waals surface area contributed by atoms with E-state index in [-0.39, 0.29) is 17.1 Å². The Bertz CT molecular complexity index is 424. The van der Waals surface area contributed by atoms with E-state index < -0.39 is 5.78 Å². The first-order valence-electron chi connectivity index (χ1n) is 4.19. The van der Waals surface area contributed by atoms with Crippen molar-refractivity contribution in [1.82, 2.24) is 4.98 Å². The van der Waals surface area contributed by atoms with Gasteiger partial charge in [0, 0.05) is 6.20 Å². The van der Waals surface area contributed by atoms with Crippen LogP contribution in [-0.4, -0.2) is 15.9 Å². The molecule has 1 rings (SSSR count). The predicted molar refractivity (Wildman–Crippen MR) is 55.8 cm³/mol. The summed E-state index contributed by atoms with van der Waals surface area (Å²) in [6, 6.07) is 2.89. The first-order chi connectivity index (χ1) is 7.16. The summed E-state index contributed by atoms with van der Waals surface area (Å²) in [5.41, 5.74) is 10.4. The van der Waals surface area contributed by atoms with Gasteiger partial charge in [0.1, 0.15) is 5.75 Å². The maximum Gasteiger partial charge on any atom is 0.230 e. The molecule has 15 heavy (non-hydrogen) atoms. The summed E-state index contributed by atoms with van der Waals surface area (Å²) in [7, 11) is 0. The summed E-state index contributed by atoms with van der Waals surface area (Å²) < 4.78 is 0. The van der Waals surface area contributed by atoms with Crippen molar-refractivity contribution in [3.63, 3.8) is 0 Å². The third-order valence-electron chi connectivity index (χ3n) is 1.65. The van der Waals surface area contributed by atoms with E-state index in [0.717, 1.165) is 0 Å². The van der Waals surface area contributed by atoms with Gasteiger partial charge in [-0.15, -0.1) is 0 Å². The Morgan fingerprint density at radius 1 is 1.53 bits per heavy atom. The molecule has 0 aliphatic carbocycles. The molecule has 1 heterocycles. The van der Waals surface area contributed by atoms with Crippen molar-refractivity contribution in [2.24, 2.45) is 11.5 Å². The van der Waals surface area contributed by atoms with Crippen LogP contribution in [0.15, 0.2) is 42.4 Å². The highest BCUT2D eigenvalue weighted by Gasteiger charge is 2.13. The highest BCUT2D eigenvalue weighted by Crippen LogP contribution is 2.14. The number of hydrogen-bond donors (Lipinski definition) is 3. The van der Waals surface area contributed by atoms with Crippen molar-refractivity contribution in [3.8, 4) is 5.75 Å². The maximum absolute atomic E-state index is 11.6. The zero-order valence-corrected chi connectivity index (χ0v) is 7.92. The van der Waals surface area contributed by atoms with Crippen molar-refractivity contribution in [3.05, 3.63) is 48.1 Å². The van der Waals surface area contributed by atoms with E-state index in [2.05, 4.69) is 4.98 Å². The SMILES string of the molecule is N/C=C\C=C(/N)C(=O)c1ncccc1O. The highest BCUT2D eigenvalue weighted by molar-refractivity contribution is 6.08. The first-order valence-corrected chi connectivity index (χ1v) is 4.19. The molecular formula is C10H11N3O2. The van der Waals surface area contributed by atoms with Crippen LogP contribution >= 0.6 is 0 Å². The molecule has 0 radical (unpaired) electrons. The number of Topliss-reactive ketones (excluding diaryl/α,β-unsaturated/α-hetero) is 1. The van der Waals surface area contributed by atoms with Gasteiger partial charge in [-0.1, -0.05) is 0 Å². The fourth-order valence-electron chi connectivity index (χ4n) is 0.943. The molecule has 0 bridgehead atoms. The molecule has 0 fully saturated rings. The van der Waals surface area contributed by atoms with Gasteiger partial charge in [-0.25, -0.2) is 4.98 Å². The highest BCUT2D eigenvalue weighted by atomic mass is 16.3. The van der Waals surface area contributed by atoms with Gasteiger partial charge < -0.3 is 16.6 Å². The van der Waals surface area contributed by atoms with Crippen LogP contribution in [0.5, 0.6) is 5.75 Å². The number of carbonyl (C=O) groups excluding carboxylic acids is 1. The van der Waals surface area contributed by atoms with Crippen LogP contribution in [0.2, 0.25) is 0 Å². The number of ketones is 1. The van der Waals surface area contributed by atoms with Crippen LogP contribution in [0.4, 0.5) is 0 Å². The van der Waals surface area contributed by atoms with E-state index in [1.165, 1.54) is 36.7 Å². The fraction of sp³-hybridized carbons (Fsp3) is 0. The van der Waals surface area contributed by atoms with E-state index in [1.807, 2.05) is 0 Å². The molecule has 0 saturated heterocycles.